The standard InChI is InChI=1S/C17H18FN5O2S/c1-2-25-17(24)23-9-7-22(8-10-23)15-14(11-19)16(26-21-15)20-13-5-3-12(18)4-6-13/h3-6,20H,2,7-10H2,1H3. The van der Waals surface area contributed by atoms with Crippen LogP contribution < -0.4 is 10.2 Å². The van der Waals surface area contributed by atoms with Crippen molar-refractivity contribution in [1.29, 1.82) is 5.26 Å². The van der Waals surface area contributed by atoms with Gasteiger partial charge in [0.1, 0.15) is 22.5 Å². The Balaban J connectivity index is 1.70. The van der Waals surface area contributed by atoms with Crippen LogP contribution in [-0.2, 0) is 4.74 Å². The second-order valence-electron chi connectivity index (χ2n) is 5.63. The number of hydrogen-bond acceptors (Lipinski definition) is 7. The quantitative estimate of drug-likeness (QED) is 0.884. The fourth-order valence-electron chi connectivity index (χ4n) is 2.66. The Hall–Kier alpha value is -2.86. The molecule has 1 aromatic carbocycles. The molecule has 0 unspecified atom stereocenters. The molecule has 1 amide bonds. The Morgan fingerprint density at radius 2 is 2.04 bits per heavy atom. The van der Waals surface area contributed by atoms with E-state index in [4.69, 9.17) is 4.74 Å². The number of ether oxygens (including phenoxy) is 1. The van der Waals surface area contributed by atoms with Gasteiger partial charge in [0.2, 0.25) is 0 Å². The number of rotatable bonds is 4. The van der Waals surface area contributed by atoms with Crippen LogP contribution in [0.15, 0.2) is 24.3 Å². The van der Waals surface area contributed by atoms with Crippen molar-refractivity contribution in [2.75, 3.05) is 43.0 Å². The molecule has 0 aliphatic carbocycles. The Morgan fingerprint density at radius 3 is 2.65 bits per heavy atom. The van der Waals surface area contributed by atoms with E-state index in [9.17, 15) is 14.4 Å². The van der Waals surface area contributed by atoms with Crippen LogP contribution in [0.3, 0.4) is 0 Å². The van der Waals surface area contributed by atoms with E-state index < -0.39 is 0 Å². The summed E-state index contributed by atoms with van der Waals surface area (Å²) in [7, 11) is 0. The summed E-state index contributed by atoms with van der Waals surface area (Å²) in [5.41, 5.74) is 1.13. The fourth-order valence-corrected chi connectivity index (χ4v) is 3.44. The monoisotopic (exact) mass is 375 g/mol. The molecular weight excluding hydrogens is 357 g/mol. The van der Waals surface area contributed by atoms with Crippen LogP contribution in [0.1, 0.15) is 12.5 Å². The van der Waals surface area contributed by atoms with Crippen molar-refractivity contribution in [2.24, 2.45) is 0 Å². The van der Waals surface area contributed by atoms with Gasteiger partial charge in [0, 0.05) is 31.9 Å². The summed E-state index contributed by atoms with van der Waals surface area (Å²) in [6, 6.07) is 8.11. The molecule has 2 aromatic rings. The molecule has 1 aliphatic heterocycles. The minimum absolute atomic E-state index is 0.315. The minimum atomic E-state index is -0.319. The highest BCUT2D eigenvalue weighted by atomic mass is 32.1. The van der Waals surface area contributed by atoms with Crippen molar-refractivity contribution >= 4 is 34.1 Å². The first-order chi connectivity index (χ1) is 12.6. The molecule has 1 aliphatic rings. The largest absolute Gasteiger partial charge is 0.450 e. The first kappa shape index (κ1) is 17.9. The maximum Gasteiger partial charge on any atom is 0.409 e. The lowest BCUT2D eigenvalue weighted by Crippen LogP contribution is -2.49. The van der Waals surface area contributed by atoms with Gasteiger partial charge in [0.25, 0.3) is 0 Å². The molecule has 26 heavy (non-hydrogen) atoms. The number of benzene rings is 1. The van der Waals surface area contributed by atoms with E-state index in [0.717, 1.165) is 0 Å². The molecule has 7 nitrogen and oxygen atoms in total. The Morgan fingerprint density at radius 1 is 1.35 bits per heavy atom. The molecule has 9 heteroatoms. The second-order valence-corrected chi connectivity index (χ2v) is 6.40. The lowest BCUT2D eigenvalue weighted by atomic mass is 10.2. The van der Waals surface area contributed by atoms with E-state index in [1.165, 1.54) is 23.7 Å². The predicted molar refractivity (Wildman–Crippen MR) is 97.3 cm³/mol. The summed E-state index contributed by atoms with van der Waals surface area (Å²) in [4.78, 5) is 15.4. The van der Waals surface area contributed by atoms with Crippen LogP contribution in [0.5, 0.6) is 0 Å². The van der Waals surface area contributed by atoms with Crippen LogP contribution in [-0.4, -0.2) is 48.2 Å². The highest BCUT2D eigenvalue weighted by Gasteiger charge is 2.26. The molecule has 0 bridgehead atoms. The summed E-state index contributed by atoms with van der Waals surface area (Å²) >= 11 is 1.18. The summed E-state index contributed by atoms with van der Waals surface area (Å²) < 4.78 is 22.4. The molecule has 2 heterocycles. The van der Waals surface area contributed by atoms with Gasteiger partial charge in [-0.2, -0.15) is 9.64 Å². The highest BCUT2D eigenvalue weighted by molar-refractivity contribution is 7.10. The molecule has 0 radical (unpaired) electrons. The van der Waals surface area contributed by atoms with E-state index in [0.29, 0.717) is 54.9 Å². The zero-order chi connectivity index (χ0) is 18.5. The topological polar surface area (TPSA) is 81.5 Å². The van der Waals surface area contributed by atoms with Gasteiger partial charge < -0.3 is 19.9 Å². The van der Waals surface area contributed by atoms with E-state index in [2.05, 4.69) is 15.8 Å². The SMILES string of the molecule is CCOC(=O)N1CCN(c2nsc(Nc3ccc(F)cc3)c2C#N)CC1. The zero-order valence-corrected chi connectivity index (χ0v) is 15.1. The number of nitrogens with zero attached hydrogens (tertiary/aromatic N) is 4. The normalized spacial score (nSPS) is 14.0. The molecule has 0 spiro atoms. The van der Waals surface area contributed by atoms with Gasteiger partial charge in [0.15, 0.2) is 5.82 Å². The van der Waals surface area contributed by atoms with E-state index in [1.807, 2.05) is 4.90 Å². The van der Waals surface area contributed by atoms with E-state index in [1.54, 1.807) is 24.0 Å². The maximum atomic E-state index is 13.0. The summed E-state index contributed by atoms with van der Waals surface area (Å²) in [5.74, 6) is 0.283. The maximum absolute atomic E-state index is 13.0. The minimum Gasteiger partial charge on any atom is -0.450 e. The van der Waals surface area contributed by atoms with Gasteiger partial charge in [-0.25, -0.2) is 9.18 Å². The van der Waals surface area contributed by atoms with Crippen LogP contribution in [0.4, 0.5) is 25.7 Å². The van der Waals surface area contributed by atoms with Gasteiger partial charge >= 0.3 is 6.09 Å². The number of hydrogen-bond donors (Lipinski definition) is 1. The highest BCUT2D eigenvalue weighted by Crippen LogP contribution is 2.33. The van der Waals surface area contributed by atoms with Crippen molar-refractivity contribution in [3.05, 3.63) is 35.6 Å². The predicted octanol–water partition coefficient (Wildman–Crippen LogP) is 3.18. The number of amides is 1. The lowest BCUT2D eigenvalue weighted by molar-refractivity contribution is 0.105. The van der Waals surface area contributed by atoms with Gasteiger partial charge in [-0.15, -0.1) is 0 Å². The smallest absolute Gasteiger partial charge is 0.409 e. The Kier molecular flexibility index (Phi) is 5.53. The van der Waals surface area contributed by atoms with Crippen molar-refractivity contribution in [3.8, 4) is 6.07 Å². The van der Waals surface area contributed by atoms with Gasteiger partial charge in [0.05, 0.1) is 6.61 Å². The third-order valence-corrected chi connectivity index (χ3v) is 4.75. The number of carbonyl (C=O) groups excluding carboxylic acids is 1. The molecular formula is C17H18FN5O2S. The third kappa shape index (κ3) is 3.86. The molecule has 1 saturated heterocycles. The number of nitriles is 1. The Labute approximate surface area is 154 Å². The van der Waals surface area contributed by atoms with E-state index >= 15 is 0 Å². The van der Waals surface area contributed by atoms with Crippen molar-refractivity contribution < 1.29 is 13.9 Å². The second kappa shape index (κ2) is 8.01. The van der Waals surface area contributed by atoms with Crippen molar-refractivity contribution in [1.82, 2.24) is 9.27 Å². The lowest BCUT2D eigenvalue weighted by Gasteiger charge is -2.34. The third-order valence-electron chi connectivity index (χ3n) is 3.99. The molecule has 1 fully saturated rings. The van der Waals surface area contributed by atoms with Crippen LogP contribution in [0.2, 0.25) is 0 Å². The molecule has 3 rings (SSSR count). The number of anilines is 3. The number of carbonyl (C=O) groups is 1. The first-order valence-corrected chi connectivity index (χ1v) is 8.98. The van der Waals surface area contributed by atoms with Crippen LogP contribution in [0.25, 0.3) is 0 Å². The molecule has 0 saturated carbocycles. The number of piperazine rings is 1. The van der Waals surface area contributed by atoms with Crippen LogP contribution in [0, 0.1) is 17.1 Å². The molecule has 0 atom stereocenters. The summed E-state index contributed by atoms with van der Waals surface area (Å²) in [5, 5.41) is 13.3. The summed E-state index contributed by atoms with van der Waals surface area (Å²) in [6.07, 6.45) is -0.315. The van der Waals surface area contributed by atoms with Crippen molar-refractivity contribution in [2.45, 2.75) is 6.92 Å². The van der Waals surface area contributed by atoms with Gasteiger partial charge in [-0.05, 0) is 42.7 Å². The van der Waals surface area contributed by atoms with Gasteiger partial charge in [-0.1, -0.05) is 0 Å². The number of aromatic nitrogens is 1. The first-order valence-electron chi connectivity index (χ1n) is 8.21. The van der Waals surface area contributed by atoms with Crippen molar-refractivity contribution in [3.63, 3.8) is 0 Å². The van der Waals surface area contributed by atoms with Gasteiger partial charge in [-0.3, -0.25) is 0 Å². The molecule has 1 N–H and O–H groups in total. The Bertz CT molecular complexity index is 810. The average molecular weight is 375 g/mol. The average Bonchev–Trinajstić information content (AvgIpc) is 3.06. The molecule has 1 aromatic heterocycles. The van der Waals surface area contributed by atoms with E-state index in [-0.39, 0.29) is 11.9 Å². The summed E-state index contributed by atoms with van der Waals surface area (Å²) in [6.45, 7) is 4.31. The molecule has 136 valence electrons. The fraction of sp³-hybridized carbons (Fsp3) is 0.353. The number of halogens is 1. The van der Waals surface area contributed by atoms with Crippen LogP contribution >= 0.6 is 11.5 Å². The number of nitrogens with one attached hydrogen (secondary N) is 1. The zero-order valence-electron chi connectivity index (χ0n) is 14.2.